The van der Waals surface area contributed by atoms with Gasteiger partial charge in [-0.25, -0.2) is 0 Å². The summed E-state index contributed by atoms with van der Waals surface area (Å²) in [5.74, 6) is -1.83. The number of hydrogen-bond donors (Lipinski definition) is 4. The van der Waals surface area contributed by atoms with Crippen LogP contribution in [0.4, 0.5) is 0 Å². The SMILES string of the molecule is CC(=O)N[C@@H]1[C@@H](C=O)[C@@H](O)[C@@H](CO)O[C@@H]1CCCOCCOCCNC(=O)CCOCCOCCOCCOCC[C-]=O.[CH2-]CN(C[CH2-])CCN1C(=O)C=CC1=O.[Li+]. The Morgan fingerprint density at radius 1 is 0.879 bits per heavy atom. The summed E-state index contributed by atoms with van der Waals surface area (Å²) in [5, 5.41) is 25.2. The van der Waals surface area contributed by atoms with Gasteiger partial charge in [0.1, 0.15) is 12.4 Å². The number of nitrogens with one attached hydrogen (secondary N) is 2. The molecule has 2 aliphatic heterocycles. The maximum Gasteiger partial charge on any atom is 1.00 e. The van der Waals surface area contributed by atoms with Gasteiger partial charge in [-0.1, -0.05) is 0 Å². The van der Waals surface area contributed by atoms with Gasteiger partial charge >= 0.3 is 18.9 Å². The number of hydrogen-bond acceptors (Lipinski definition) is 16. The van der Waals surface area contributed by atoms with Crippen LogP contribution in [0.3, 0.4) is 0 Å². The predicted molar refractivity (Wildman–Crippen MR) is 204 cm³/mol. The summed E-state index contributed by atoms with van der Waals surface area (Å²) < 4.78 is 37.9. The van der Waals surface area contributed by atoms with E-state index < -0.39 is 36.9 Å². The molecule has 1 fully saturated rings. The maximum atomic E-state index is 11.8. The molecule has 4 N–H and O–H groups in total. The fourth-order valence-electron chi connectivity index (χ4n) is 5.41. The largest absolute Gasteiger partial charge is 1.00 e. The number of imide groups is 1. The third-order valence-corrected chi connectivity index (χ3v) is 8.48. The van der Waals surface area contributed by atoms with Gasteiger partial charge in [0.15, 0.2) is 0 Å². The van der Waals surface area contributed by atoms with Crippen molar-refractivity contribution in [1.29, 1.82) is 0 Å². The van der Waals surface area contributed by atoms with Crippen LogP contribution in [0.5, 0.6) is 0 Å². The van der Waals surface area contributed by atoms with E-state index in [1.807, 2.05) is 4.90 Å². The van der Waals surface area contributed by atoms with Crippen LogP contribution in [-0.2, 0) is 61.9 Å². The standard InChI is InChI=1S/C28H49N2O13.C10H14N2O2.Li/c1-22(34)30-27-23(20-32)28(36)25(21-33)43-24(27)4-2-8-37-12-15-40-11-6-29-26(35)5-10-39-14-17-42-19-18-41-16-13-38-9-3-7-31;1-3-11(4-2)7-8-12-9(13)5-6-10(12)14;/h20,23-25,27-28,33,36H,2-6,8-19,21H2,1H3,(H,29,35)(H,30,34);5-6H,1-4,7-8H2;/q-1;-2;+1/t23-,24-,25-,27-,28-;;/m1../s1. The average Bonchev–Trinajstić information content (AvgIpc) is 3.52. The third-order valence-electron chi connectivity index (χ3n) is 8.48. The molecule has 5 atom stereocenters. The summed E-state index contributed by atoms with van der Waals surface area (Å²) in [4.78, 5) is 70.5. The molecule has 58 heavy (non-hydrogen) atoms. The molecule has 0 radical (unpaired) electrons. The molecule has 2 rings (SSSR count). The van der Waals surface area contributed by atoms with Gasteiger partial charge in [0, 0.05) is 58.3 Å². The zero-order chi connectivity index (χ0) is 42.1. The Hall–Kier alpha value is -2.64. The Morgan fingerprint density at radius 2 is 1.41 bits per heavy atom. The minimum absolute atomic E-state index is 0. The summed E-state index contributed by atoms with van der Waals surface area (Å²) >= 11 is 0. The molecule has 2 heterocycles. The second-order valence-corrected chi connectivity index (χ2v) is 12.6. The Bertz CT molecular complexity index is 1150. The molecule has 2 aliphatic rings. The van der Waals surface area contributed by atoms with Gasteiger partial charge in [0.25, 0.3) is 11.8 Å². The number of nitrogens with zero attached hydrogens (tertiary/aromatic N) is 2. The van der Waals surface area contributed by atoms with E-state index in [4.69, 9.17) is 33.2 Å². The molecular weight excluding hydrogens is 759 g/mol. The Balaban J connectivity index is 0.00000182. The maximum absolute atomic E-state index is 11.8. The van der Waals surface area contributed by atoms with E-state index in [9.17, 15) is 39.0 Å². The van der Waals surface area contributed by atoms with E-state index in [0.29, 0.717) is 125 Å². The van der Waals surface area contributed by atoms with Gasteiger partial charge in [0.2, 0.25) is 11.8 Å². The smallest absolute Gasteiger partial charge is 0.542 e. The first kappa shape index (κ1) is 55.4. The van der Waals surface area contributed by atoms with Gasteiger partial charge in [-0.3, -0.25) is 30.4 Å². The van der Waals surface area contributed by atoms with Crippen molar-refractivity contribution in [2.24, 2.45) is 5.92 Å². The molecular formula is C38H63LiN4O15-2. The number of aliphatic hydroxyl groups excluding tert-OH is 2. The summed E-state index contributed by atoms with van der Waals surface area (Å²) in [7, 11) is 0. The van der Waals surface area contributed by atoms with Gasteiger partial charge in [-0.15, -0.1) is 19.5 Å². The fraction of sp³-hybridized carbons (Fsp3) is 0.737. The predicted octanol–water partition coefficient (Wildman–Crippen LogP) is -4.80. The molecule has 1 saturated heterocycles. The molecule has 19 nitrogen and oxygen atoms in total. The van der Waals surface area contributed by atoms with Gasteiger partial charge in [0.05, 0.1) is 96.8 Å². The molecule has 0 saturated carbocycles. The molecule has 328 valence electrons. The van der Waals surface area contributed by atoms with Crippen LogP contribution in [0.25, 0.3) is 0 Å². The van der Waals surface area contributed by atoms with Crippen LogP contribution >= 0.6 is 0 Å². The van der Waals surface area contributed by atoms with Gasteiger partial charge in [-0.2, -0.15) is 0 Å². The van der Waals surface area contributed by atoms with E-state index in [1.165, 1.54) is 24.0 Å². The number of aliphatic hydroxyl groups is 2. The van der Waals surface area contributed by atoms with Crippen LogP contribution in [0.2, 0.25) is 0 Å². The molecule has 0 aromatic heterocycles. The number of ether oxygens (including phenoxy) is 7. The van der Waals surface area contributed by atoms with Gasteiger partial charge in [-0.05, 0) is 12.8 Å². The Morgan fingerprint density at radius 3 is 1.93 bits per heavy atom. The van der Waals surface area contributed by atoms with Crippen molar-refractivity contribution in [1.82, 2.24) is 20.4 Å². The number of amides is 4. The van der Waals surface area contributed by atoms with Crippen molar-refractivity contribution >= 4 is 36.2 Å². The van der Waals surface area contributed by atoms with Crippen LogP contribution in [0.1, 0.15) is 32.6 Å². The fourth-order valence-corrected chi connectivity index (χ4v) is 5.41. The van der Waals surface area contributed by atoms with E-state index in [1.54, 1.807) is 6.29 Å². The molecule has 0 unspecified atom stereocenters. The minimum Gasteiger partial charge on any atom is -0.542 e. The van der Waals surface area contributed by atoms with E-state index in [2.05, 4.69) is 24.5 Å². The molecule has 0 aliphatic carbocycles. The summed E-state index contributed by atoms with van der Waals surface area (Å²) in [6.07, 6.45) is 3.78. The van der Waals surface area contributed by atoms with Gasteiger partial charge < -0.3 is 82.3 Å². The van der Waals surface area contributed by atoms with Crippen molar-refractivity contribution < 1.29 is 91.0 Å². The number of carbonyl (C=O) groups is 5. The third kappa shape index (κ3) is 25.1. The van der Waals surface area contributed by atoms with Crippen LogP contribution in [0, 0.1) is 19.8 Å². The Kier molecular flexibility index (Phi) is 34.6. The molecule has 0 aromatic carbocycles. The van der Waals surface area contributed by atoms with Crippen molar-refractivity contribution in [2.75, 3.05) is 119 Å². The second-order valence-electron chi connectivity index (χ2n) is 12.6. The van der Waals surface area contributed by atoms with Crippen molar-refractivity contribution in [2.45, 2.75) is 57.0 Å². The van der Waals surface area contributed by atoms with Crippen molar-refractivity contribution in [3.05, 3.63) is 26.0 Å². The number of rotatable bonds is 33. The zero-order valence-electron chi connectivity index (χ0n) is 34.2. The van der Waals surface area contributed by atoms with Crippen LogP contribution < -0.4 is 29.5 Å². The van der Waals surface area contributed by atoms with Crippen LogP contribution in [-0.4, -0.2) is 199 Å². The molecule has 20 heteroatoms. The van der Waals surface area contributed by atoms with E-state index in [0.717, 1.165) is 0 Å². The van der Waals surface area contributed by atoms with E-state index in [-0.39, 0.29) is 61.9 Å². The summed E-state index contributed by atoms with van der Waals surface area (Å²) in [6, 6.07) is -0.694. The van der Waals surface area contributed by atoms with Crippen molar-refractivity contribution in [3.63, 3.8) is 0 Å². The van der Waals surface area contributed by atoms with E-state index >= 15 is 0 Å². The first-order chi connectivity index (χ1) is 27.6. The van der Waals surface area contributed by atoms with Crippen LogP contribution in [0.15, 0.2) is 12.2 Å². The van der Waals surface area contributed by atoms with Crippen molar-refractivity contribution in [3.8, 4) is 0 Å². The summed E-state index contributed by atoms with van der Waals surface area (Å²) in [6.45, 7) is 15.5. The molecule has 0 spiro atoms. The monoisotopic (exact) mass is 822 g/mol. The number of aldehydes is 1. The topological polar surface area (TPSA) is 238 Å². The summed E-state index contributed by atoms with van der Waals surface area (Å²) in [5.41, 5.74) is 0. The Labute approximate surface area is 354 Å². The molecule has 4 amide bonds. The first-order valence-electron chi connectivity index (χ1n) is 19.2. The normalized spacial score (nSPS) is 20.0. The average molecular weight is 823 g/mol. The quantitative estimate of drug-likeness (QED) is 0.0160. The number of carbonyl (C=O) groups excluding carboxylic acids is 6. The zero-order valence-corrected chi connectivity index (χ0v) is 34.2. The first-order valence-corrected chi connectivity index (χ1v) is 19.2. The minimum atomic E-state index is -1.21. The molecule has 0 aromatic rings. The second kappa shape index (κ2) is 36.2. The molecule has 0 bridgehead atoms.